The fraction of sp³-hybridized carbons (Fsp3) is 0.444. The number of nitrogens with one attached hydrogen (secondary N) is 1. The van der Waals surface area contributed by atoms with Crippen LogP contribution in [0.1, 0.15) is 33.8 Å². The summed E-state index contributed by atoms with van der Waals surface area (Å²) in [5.41, 5.74) is 6.09. The van der Waals surface area contributed by atoms with Crippen molar-refractivity contribution in [1.82, 2.24) is 24.1 Å². The number of piperazine rings is 1. The highest BCUT2D eigenvalue weighted by Crippen LogP contribution is 2.31. The number of hydrogen-bond acceptors (Lipinski definition) is 10. The molecule has 5 rings (SSSR count). The summed E-state index contributed by atoms with van der Waals surface area (Å²) in [4.78, 5) is 26.1. The van der Waals surface area contributed by atoms with Crippen LogP contribution in [0.25, 0.3) is 0 Å². The van der Waals surface area contributed by atoms with E-state index in [2.05, 4.69) is 32.1 Å². The summed E-state index contributed by atoms with van der Waals surface area (Å²) >= 11 is 0.916. The van der Waals surface area contributed by atoms with Gasteiger partial charge in [0.15, 0.2) is 5.13 Å². The standard InChI is InChI=1S/C27H33F2N7O3S2/c1-34-13-15-35(16-14-34)10-7-18-5-6-20(17-31-18)41(38,39)36-11-8-19(9-12-36)32-27-33-26(30)25(40-27)24(37)23-21(28)3-2-4-22(23)29/h2-6,17,19H,7-16,30H2,1H3,(H,32,33). The molecule has 2 saturated heterocycles. The van der Waals surface area contributed by atoms with Gasteiger partial charge in [-0.15, -0.1) is 0 Å². The SMILES string of the molecule is CN1CCN(CCc2ccc(S(=O)(=O)N3CCC(Nc4nc(N)c(C(=O)c5c(F)cccc5F)s4)CC3)cn2)CC1. The topological polar surface area (TPSA) is 125 Å². The Labute approximate surface area is 242 Å². The van der Waals surface area contributed by atoms with Crippen molar-refractivity contribution in [1.29, 1.82) is 0 Å². The number of aromatic nitrogens is 2. The largest absolute Gasteiger partial charge is 0.382 e. The van der Waals surface area contributed by atoms with Crippen LogP contribution in [0.3, 0.4) is 0 Å². The monoisotopic (exact) mass is 605 g/mol. The second kappa shape index (κ2) is 12.4. The number of rotatable bonds is 9. The first-order chi connectivity index (χ1) is 19.6. The highest BCUT2D eigenvalue weighted by atomic mass is 32.2. The van der Waals surface area contributed by atoms with Crippen LogP contribution < -0.4 is 11.1 Å². The molecule has 0 unspecified atom stereocenters. The summed E-state index contributed by atoms with van der Waals surface area (Å²) in [6.45, 7) is 5.62. The maximum atomic E-state index is 14.1. The van der Waals surface area contributed by atoms with E-state index in [0.29, 0.717) is 18.0 Å². The second-order valence-corrected chi connectivity index (χ2v) is 13.3. The van der Waals surface area contributed by atoms with Crippen LogP contribution in [0.2, 0.25) is 0 Å². The van der Waals surface area contributed by atoms with E-state index in [9.17, 15) is 22.0 Å². The Morgan fingerprint density at radius 3 is 2.39 bits per heavy atom. The van der Waals surface area contributed by atoms with Crippen molar-refractivity contribution in [2.24, 2.45) is 0 Å². The number of sulfonamides is 1. The van der Waals surface area contributed by atoms with Gasteiger partial charge in [0.05, 0.1) is 5.56 Å². The number of ketones is 1. The molecular formula is C27H33F2N7O3S2. The number of halogens is 2. The fourth-order valence-electron chi connectivity index (χ4n) is 5.00. The Kier molecular flexibility index (Phi) is 8.94. The van der Waals surface area contributed by atoms with Gasteiger partial charge in [0.2, 0.25) is 15.8 Å². The molecule has 0 bridgehead atoms. The van der Waals surface area contributed by atoms with Gasteiger partial charge in [-0.25, -0.2) is 22.2 Å². The molecule has 0 saturated carbocycles. The van der Waals surface area contributed by atoms with Crippen LogP contribution in [-0.4, -0.2) is 97.2 Å². The third-order valence-electron chi connectivity index (χ3n) is 7.55. The number of likely N-dealkylation sites (N-methyl/N-ethyl adjacent to an activating group) is 1. The average Bonchev–Trinajstić information content (AvgIpc) is 3.32. The van der Waals surface area contributed by atoms with E-state index < -0.39 is 33.0 Å². The molecule has 3 N–H and O–H groups in total. The minimum atomic E-state index is -3.69. The van der Waals surface area contributed by atoms with Crippen LogP contribution in [-0.2, 0) is 16.4 Å². The van der Waals surface area contributed by atoms with Gasteiger partial charge < -0.3 is 20.9 Å². The van der Waals surface area contributed by atoms with E-state index in [0.717, 1.165) is 68.3 Å². The lowest BCUT2D eigenvalue weighted by molar-refractivity contribution is 0.103. The number of nitrogens with zero attached hydrogens (tertiary/aromatic N) is 5. The average molecular weight is 606 g/mol. The fourth-order valence-corrected chi connectivity index (χ4v) is 7.33. The molecule has 1 aromatic carbocycles. The van der Waals surface area contributed by atoms with Crippen LogP contribution in [0, 0.1) is 11.6 Å². The third-order valence-corrected chi connectivity index (χ3v) is 10.4. The number of thiazole rings is 1. The Morgan fingerprint density at radius 1 is 1.07 bits per heavy atom. The molecule has 14 heteroatoms. The number of anilines is 2. The molecule has 4 heterocycles. The summed E-state index contributed by atoms with van der Waals surface area (Å²) < 4.78 is 56.1. The first-order valence-electron chi connectivity index (χ1n) is 13.5. The summed E-state index contributed by atoms with van der Waals surface area (Å²) in [6, 6.07) is 6.50. The van der Waals surface area contributed by atoms with Gasteiger partial charge in [0.1, 0.15) is 27.2 Å². The summed E-state index contributed by atoms with van der Waals surface area (Å²) in [5.74, 6) is -2.93. The normalized spacial score (nSPS) is 18.0. The minimum absolute atomic E-state index is 0.0593. The van der Waals surface area contributed by atoms with Crippen LogP contribution in [0.4, 0.5) is 19.7 Å². The Morgan fingerprint density at radius 2 is 1.76 bits per heavy atom. The van der Waals surface area contributed by atoms with Crippen molar-refractivity contribution < 1.29 is 22.0 Å². The van der Waals surface area contributed by atoms with Gasteiger partial charge in [-0.3, -0.25) is 9.78 Å². The first-order valence-corrected chi connectivity index (χ1v) is 15.7. The van der Waals surface area contributed by atoms with Crippen molar-refractivity contribution in [3.63, 3.8) is 0 Å². The number of pyridine rings is 1. The highest BCUT2D eigenvalue weighted by Gasteiger charge is 2.31. The maximum Gasteiger partial charge on any atom is 0.244 e. The quantitative estimate of drug-likeness (QED) is 0.354. The number of benzene rings is 1. The van der Waals surface area contributed by atoms with Crippen molar-refractivity contribution >= 4 is 38.1 Å². The summed E-state index contributed by atoms with van der Waals surface area (Å²) in [7, 11) is -1.57. The first kappa shape index (κ1) is 29.5. The van der Waals surface area contributed by atoms with Gasteiger partial charge >= 0.3 is 0 Å². The van der Waals surface area contributed by atoms with Gasteiger partial charge in [0, 0.05) is 70.2 Å². The van der Waals surface area contributed by atoms with E-state index in [1.807, 2.05) is 0 Å². The van der Waals surface area contributed by atoms with E-state index in [1.165, 1.54) is 16.6 Å². The highest BCUT2D eigenvalue weighted by molar-refractivity contribution is 7.89. The number of piperidine rings is 1. The zero-order valence-corrected chi connectivity index (χ0v) is 24.4. The van der Waals surface area contributed by atoms with Gasteiger partial charge in [-0.2, -0.15) is 4.31 Å². The summed E-state index contributed by atoms with van der Waals surface area (Å²) in [5, 5.41) is 3.52. The van der Waals surface area contributed by atoms with Crippen molar-refractivity contribution in [2.75, 3.05) is 63.9 Å². The van der Waals surface area contributed by atoms with E-state index in [4.69, 9.17) is 5.73 Å². The molecule has 2 aromatic heterocycles. The zero-order valence-electron chi connectivity index (χ0n) is 22.7. The molecule has 0 atom stereocenters. The van der Waals surface area contributed by atoms with E-state index in [1.54, 1.807) is 12.1 Å². The molecule has 0 radical (unpaired) electrons. The van der Waals surface area contributed by atoms with E-state index >= 15 is 0 Å². The van der Waals surface area contributed by atoms with Crippen molar-refractivity contribution in [2.45, 2.75) is 30.2 Å². The van der Waals surface area contributed by atoms with Crippen LogP contribution in [0.15, 0.2) is 41.4 Å². The molecule has 2 aliphatic rings. The molecule has 0 spiro atoms. The van der Waals surface area contributed by atoms with Gasteiger partial charge in [-0.05, 0) is 44.2 Å². The zero-order chi connectivity index (χ0) is 29.1. The number of nitrogen functional groups attached to an aromatic ring is 1. The molecule has 220 valence electrons. The molecule has 2 fully saturated rings. The molecule has 41 heavy (non-hydrogen) atoms. The number of nitrogens with two attached hydrogens (primary N) is 1. The van der Waals surface area contributed by atoms with Crippen molar-refractivity contribution in [3.05, 3.63) is 64.3 Å². The lowest BCUT2D eigenvalue weighted by atomic mass is 10.1. The molecular weight excluding hydrogens is 572 g/mol. The van der Waals surface area contributed by atoms with E-state index in [-0.39, 0.29) is 34.7 Å². The van der Waals surface area contributed by atoms with Crippen molar-refractivity contribution in [3.8, 4) is 0 Å². The molecule has 0 amide bonds. The van der Waals surface area contributed by atoms with Gasteiger partial charge in [0.25, 0.3) is 0 Å². The predicted molar refractivity (Wildman–Crippen MR) is 154 cm³/mol. The lowest BCUT2D eigenvalue weighted by Crippen LogP contribution is -2.45. The van der Waals surface area contributed by atoms with Gasteiger partial charge in [-0.1, -0.05) is 17.4 Å². The lowest BCUT2D eigenvalue weighted by Gasteiger charge is -2.32. The molecule has 0 aliphatic carbocycles. The van der Waals surface area contributed by atoms with Crippen LogP contribution in [0.5, 0.6) is 0 Å². The minimum Gasteiger partial charge on any atom is -0.382 e. The molecule has 3 aromatic rings. The number of carbonyl (C=O) groups excluding carboxylic acids is 1. The second-order valence-electron chi connectivity index (χ2n) is 10.4. The molecule has 10 nitrogen and oxygen atoms in total. The number of hydrogen-bond donors (Lipinski definition) is 2. The Balaban J connectivity index is 1.15. The molecule has 2 aliphatic heterocycles. The Bertz CT molecular complexity index is 1460. The summed E-state index contributed by atoms with van der Waals surface area (Å²) in [6.07, 6.45) is 3.21. The predicted octanol–water partition coefficient (Wildman–Crippen LogP) is 2.68. The third kappa shape index (κ3) is 6.72. The Hall–Kier alpha value is -3.04. The van der Waals surface area contributed by atoms with Crippen LogP contribution >= 0.6 is 11.3 Å². The number of carbonyl (C=O) groups is 1. The maximum absolute atomic E-state index is 14.1. The smallest absolute Gasteiger partial charge is 0.244 e.